The van der Waals surface area contributed by atoms with Gasteiger partial charge in [0.25, 0.3) is 0 Å². The molecule has 0 N–H and O–H groups in total. The monoisotopic (exact) mass is 124 g/mol. The molecule has 3 nitrogen and oxygen atoms in total. The quantitative estimate of drug-likeness (QED) is 0.407. The molecule has 0 rings (SSSR count). The van der Waals surface area contributed by atoms with Crippen LogP contribution in [0, 0.1) is 11.3 Å². The predicted octanol–water partition coefficient (Wildman–Crippen LogP) is 1.01. The normalized spacial score (nSPS) is 14.8. The lowest BCUT2D eigenvalue weighted by Crippen LogP contribution is -2.16. The highest BCUT2D eigenvalue weighted by atomic mass is 16.1. The third kappa shape index (κ3) is 2.07. The topological polar surface area (TPSA) is 53.2 Å². The fourth-order valence-corrected chi connectivity index (χ4v) is 0.284. The highest BCUT2D eigenvalue weighted by Crippen LogP contribution is 2.11. The van der Waals surface area contributed by atoms with Crippen LogP contribution >= 0.6 is 0 Å². The molecule has 0 aromatic rings. The molecular weight excluding hydrogens is 116 g/mol. The van der Waals surface area contributed by atoms with Gasteiger partial charge in [0.15, 0.2) is 5.54 Å². The Morgan fingerprint density at radius 1 is 1.78 bits per heavy atom. The number of isocyanates is 1. The van der Waals surface area contributed by atoms with Crippen molar-refractivity contribution in [1.29, 1.82) is 5.26 Å². The Hall–Kier alpha value is -1.13. The van der Waals surface area contributed by atoms with E-state index in [0.29, 0.717) is 6.42 Å². The second kappa shape index (κ2) is 3.01. The molecule has 0 heterocycles. The summed E-state index contributed by atoms with van der Waals surface area (Å²) >= 11 is 0. The molecule has 0 aliphatic rings. The molecule has 0 bridgehead atoms. The maximum atomic E-state index is 9.70. The van der Waals surface area contributed by atoms with Crippen LogP contribution in [0.1, 0.15) is 20.3 Å². The third-order valence-electron chi connectivity index (χ3n) is 1.22. The molecule has 1 atom stereocenters. The SMILES string of the molecule is CCC(C)(C#N)N=C=O. The van der Waals surface area contributed by atoms with Gasteiger partial charge in [-0.1, -0.05) is 6.92 Å². The van der Waals surface area contributed by atoms with E-state index in [0.717, 1.165) is 0 Å². The van der Waals surface area contributed by atoms with Gasteiger partial charge >= 0.3 is 0 Å². The molecule has 0 fully saturated rings. The van der Waals surface area contributed by atoms with Crippen LogP contribution in [0.15, 0.2) is 4.99 Å². The van der Waals surface area contributed by atoms with Crippen LogP contribution in [-0.2, 0) is 4.79 Å². The van der Waals surface area contributed by atoms with Gasteiger partial charge in [0.2, 0.25) is 6.08 Å². The number of hydrogen-bond donors (Lipinski definition) is 0. The van der Waals surface area contributed by atoms with Gasteiger partial charge < -0.3 is 0 Å². The van der Waals surface area contributed by atoms with Gasteiger partial charge in [-0.3, -0.25) is 0 Å². The van der Waals surface area contributed by atoms with E-state index >= 15 is 0 Å². The van der Waals surface area contributed by atoms with Crippen LogP contribution in [0.4, 0.5) is 0 Å². The minimum absolute atomic E-state index is 0.540. The number of aliphatic imine (C=N–C) groups is 1. The molecule has 0 saturated heterocycles. The summed E-state index contributed by atoms with van der Waals surface area (Å²) < 4.78 is 0. The van der Waals surface area contributed by atoms with E-state index in [9.17, 15) is 4.79 Å². The summed E-state index contributed by atoms with van der Waals surface area (Å²) in [5, 5.41) is 8.39. The molecule has 0 aromatic carbocycles. The van der Waals surface area contributed by atoms with E-state index in [1.165, 1.54) is 6.08 Å². The molecule has 0 aliphatic heterocycles. The third-order valence-corrected chi connectivity index (χ3v) is 1.22. The van der Waals surface area contributed by atoms with Crippen molar-refractivity contribution in [1.82, 2.24) is 0 Å². The Balaban J connectivity index is 4.32. The number of nitrogens with zero attached hydrogens (tertiary/aromatic N) is 2. The Morgan fingerprint density at radius 2 is 2.33 bits per heavy atom. The molecule has 1 unspecified atom stereocenters. The summed E-state index contributed by atoms with van der Waals surface area (Å²) in [6.07, 6.45) is 1.90. The van der Waals surface area contributed by atoms with Crippen molar-refractivity contribution in [3.63, 3.8) is 0 Å². The van der Waals surface area contributed by atoms with Crippen LogP contribution in [0.3, 0.4) is 0 Å². The Bertz CT molecular complexity index is 176. The van der Waals surface area contributed by atoms with E-state index in [4.69, 9.17) is 5.26 Å². The average Bonchev–Trinajstić information content (AvgIpc) is 1.89. The van der Waals surface area contributed by atoms with Crippen LogP contribution in [0.5, 0.6) is 0 Å². The zero-order chi connectivity index (χ0) is 7.33. The largest absolute Gasteiger partial charge is 0.236 e. The van der Waals surface area contributed by atoms with Crippen molar-refractivity contribution in [3.8, 4) is 6.07 Å². The van der Waals surface area contributed by atoms with E-state index in [-0.39, 0.29) is 0 Å². The summed E-state index contributed by atoms with van der Waals surface area (Å²) in [7, 11) is 0. The molecule has 3 heteroatoms. The second-order valence-electron chi connectivity index (χ2n) is 1.94. The van der Waals surface area contributed by atoms with Gasteiger partial charge in [-0.25, -0.2) is 4.79 Å². The fourth-order valence-electron chi connectivity index (χ4n) is 0.284. The first-order valence-corrected chi connectivity index (χ1v) is 2.69. The molecule has 0 saturated carbocycles. The minimum atomic E-state index is -0.859. The molecule has 0 amide bonds. The van der Waals surface area contributed by atoms with Crippen molar-refractivity contribution in [2.24, 2.45) is 4.99 Å². The Kier molecular flexibility index (Phi) is 2.63. The molecule has 0 aromatic heterocycles. The van der Waals surface area contributed by atoms with Crippen LogP contribution in [0.25, 0.3) is 0 Å². The van der Waals surface area contributed by atoms with Gasteiger partial charge in [0, 0.05) is 0 Å². The summed E-state index contributed by atoms with van der Waals surface area (Å²) in [6.45, 7) is 3.39. The van der Waals surface area contributed by atoms with Gasteiger partial charge in [0.1, 0.15) is 0 Å². The summed E-state index contributed by atoms with van der Waals surface area (Å²) in [4.78, 5) is 13.0. The van der Waals surface area contributed by atoms with Gasteiger partial charge in [-0.15, -0.1) is 0 Å². The zero-order valence-corrected chi connectivity index (χ0v) is 5.51. The highest BCUT2D eigenvalue weighted by Gasteiger charge is 2.18. The number of carbonyl (C=O) groups excluding carboxylic acids is 1. The zero-order valence-electron chi connectivity index (χ0n) is 5.51. The number of rotatable bonds is 2. The van der Waals surface area contributed by atoms with E-state index in [2.05, 4.69) is 4.99 Å². The molecular formula is C6H8N2O. The standard InChI is InChI=1S/C6H8N2O/c1-3-6(2,4-7)8-5-9/h3H2,1-2H3. The fraction of sp³-hybridized carbons (Fsp3) is 0.667. The van der Waals surface area contributed by atoms with Crippen LogP contribution < -0.4 is 0 Å². The summed E-state index contributed by atoms with van der Waals surface area (Å²) in [5.41, 5.74) is -0.859. The minimum Gasteiger partial charge on any atom is -0.211 e. The maximum absolute atomic E-state index is 9.70. The Labute approximate surface area is 54.0 Å². The molecule has 0 radical (unpaired) electrons. The van der Waals surface area contributed by atoms with Gasteiger partial charge in [-0.2, -0.15) is 10.3 Å². The summed E-state index contributed by atoms with van der Waals surface area (Å²) in [5.74, 6) is 0. The lowest BCUT2D eigenvalue weighted by Gasteiger charge is -2.08. The van der Waals surface area contributed by atoms with Crippen molar-refractivity contribution >= 4 is 6.08 Å². The van der Waals surface area contributed by atoms with E-state index in [1.807, 2.05) is 6.07 Å². The smallest absolute Gasteiger partial charge is 0.211 e. The molecule has 0 spiro atoms. The Morgan fingerprint density at radius 3 is 2.44 bits per heavy atom. The van der Waals surface area contributed by atoms with E-state index in [1.54, 1.807) is 13.8 Å². The van der Waals surface area contributed by atoms with Crippen molar-refractivity contribution < 1.29 is 4.79 Å². The first-order chi connectivity index (χ1) is 4.18. The molecule has 9 heavy (non-hydrogen) atoms. The van der Waals surface area contributed by atoms with Crippen molar-refractivity contribution in [2.45, 2.75) is 25.8 Å². The number of hydrogen-bond acceptors (Lipinski definition) is 3. The van der Waals surface area contributed by atoms with Gasteiger partial charge in [0.05, 0.1) is 6.07 Å². The van der Waals surface area contributed by atoms with Crippen molar-refractivity contribution in [2.75, 3.05) is 0 Å². The highest BCUT2D eigenvalue weighted by molar-refractivity contribution is 5.36. The second-order valence-corrected chi connectivity index (χ2v) is 1.94. The van der Waals surface area contributed by atoms with Crippen molar-refractivity contribution in [3.05, 3.63) is 0 Å². The van der Waals surface area contributed by atoms with Gasteiger partial charge in [-0.05, 0) is 13.3 Å². The first kappa shape index (κ1) is 7.87. The summed E-state index contributed by atoms with van der Waals surface area (Å²) in [6, 6.07) is 1.90. The van der Waals surface area contributed by atoms with E-state index < -0.39 is 5.54 Å². The molecule has 48 valence electrons. The average molecular weight is 124 g/mol. The lowest BCUT2D eigenvalue weighted by atomic mass is 10.0. The predicted molar refractivity (Wildman–Crippen MR) is 32.4 cm³/mol. The van der Waals surface area contributed by atoms with Crippen LogP contribution in [0.2, 0.25) is 0 Å². The first-order valence-electron chi connectivity index (χ1n) is 2.69. The maximum Gasteiger partial charge on any atom is 0.236 e. The molecule has 0 aliphatic carbocycles. The number of nitriles is 1. The lowest BCUT2D eigenvalue weighted by molar-refractivity contribution is 0.535. The van der Waals surface area contributed by atoms with Crippen LogP contribution in [-0.4, -0.2) is 11.6 Å².